The fraction of sp³-hybridized carbons (Fsp3) is 0.923. The molecule has 1 N–H and O–H groups in total. The zero-order chi connectivity index (χ0) is 11.3. The van der Waals surface area contributed by atoms with E-state index in [0.29, 0.717) is 11.8 Å². The first-order chi connectivity index (χ1) is 7.11. The van der Waals surface area contributed by atoms with Gasteiger partial charge in [-0.2, -0.15) is 0 Å². The van der Waals surface area contributed by atoms with Gasteiger partial charge in [-0.05, 0) is 31.1 Å². The van der Waals surface area contributed by atoms with Crippen LogP contribution in [0.3, 0.4) is 0 Å². The van der Waals surface area contributed by atoms with Gasteiger partial charge in [0.15, 0.2) is 0 Å². The average molecular weight is 212 g/mol. The fourth-order valence-electron chi connectivity index (χ4n) is 2.60. The molecule has 88 valence electrons. The largest absolute Gasteiger partial charge is 0.481 e. The van der Waals surface area contributed by atoms with Crippen LogP contribution in [0.15, 0.2) is 0 Å². The Morgan fingerprint density at radius 3 is 2.53 bits per heavy atom. The van der Waals surface area contributed by atoms with Crippen LogP contribution in [0.2, 0.25) is 0 Å². The molecule has 1 saturated carbocycles. The van der Waals surface area contributed by atoms with Crippen molar-refractivity contribution in [3.8, 4) is 0 Å². The number of carboxylic acid groups (broad SMARTS) is 1. The second-order valence-electron chi connectivity index (χ2n) is 5.31. The molecule has 0 aliphatic heterocycles. The summed E-state index contributed by atoms with van der Waals surface area (Å²) < 4.78 is 0. The maximum absolute atomic E-state index is 11.2. The molecule has 2 nitrogen and oxygen atoms in total. The molecule has 0 spiro atoms. The predicted octanol–water partition coefficient (Wildman–Crippen LogP) is 3.70. The smallest absolute Gasteiger partial charge is 0.306 e. The van der Waals surface area contributed by atoms with Crippen LogP contribution < -0.4 is 0 Å². The predicted molar refractivity (Wildman–Crippen MR) is 61.8 cm³/mol. The van der Waals surface area contributed by atoms with Crippen molar-refractivity contribution in [2.45, 2.75) is 58.8 Å². The second kappa shape index (κ2) is 6.14. The first-order valence-electron chi connectivity index (χ1n) is 6.34. The highest BCUT2D eigenvalue weighted by atomic mass is 16.4. The van der Waals surface area contributed by atoms with E-state index in [1.165, 1.54) is 19.3 Å². The molecule has 0 saturated heterocycles. The molecule has 0 radical (unpaired) electrons. The van der Waals surface area contributed by atoms with Gasteiger partial charge in [-0.1, -0.05) is 39.5 Å². The number of hydrogen-bond donors (Lipinski definition) is 1. The van der Waals surface area contributed by atoms with Gasteiger partial charge in [-0.3, -0.25) is 4.79 Å². The Morgan fingerprint density at radius 2 is 1.93 bits per heavy atom. The van der Waals surface area contributed by atoms with Gasteiger partial charge in [-0.15, -0.1) is 0 Å². The number of carboxylic acids is 1. The molecule has 0 aromatic rings. The lowest BCUT2D eigenvalue weighted by Crippen LogP contribution is -2.23. The van der Waals surface area contributed by atoms with Crippen molar-refractivity contribution in [3.05, 3.63) is 0 Å². The summed E-state index contributed by atoms with van der Waals surface area (Å²) in [4.78, 5) is 11.2. The van der Waals surface area contributed by atoms with E-state index < -0.39 is 5.97 Å². The molecule has 1 rings (SSSR count). The van der Waals surface area contributed by atoms with E-state index in [-0.39, 0.29) is 5.92 Å². The van der Waals surface area contributed by atoms with Gasteiger partial charge in [0, 0.05) is 0 Å². The molecular weight excluding hydrogens is 188 g/mol. The highest BCUT2D eigenvalue weighted by Gasteiger charge is 2.28. The van der Waals surface area contributed by atoms with Crippen LogP contribution in [0, 0.1) is 17.8 Å². The Hall–Kier alpha value is -0.530. The summed E-state index contributed by atoms with van der Waals surface area (Å²) in [6.45, 7) is 4.43. The van der Waals surface area contributed by atoms with Gasteiger partial charge in [0.2, 0.25) is 0 Å². The van der Waals surface area contributed by atoms with Crippen LogP contribution in [0.5, 0.6) is 0 Å². The van der Waals surface area contributed by atoms with Gasteiger partial charge >= 0.3 is 5.97 Å². The van der Waals surface area contributed by atoms with Gasteiger partial charge in [0.25, 0.3) is 0 Å². The van der Waals surface area contributed by atoms with E-state index in [0.717, 1.165) is 25.7 Å². The molecule has 0 bridgehead atoms. The van der Waals surface area contributed by atoms with Crippen LogP contribution in [-0.4, -0.2) is 11.1 Å². The summed E-state index contributed by atoms with van der Waals surface area (Å²) in [6.07, 6.45) is 7.87. The standard InChI is InChI=1S/C13H24O2/c1-10(2)8-9-11-6-4-3-5-7-12(11)13(14)15/h10-12H,3-9H2,1-2H3,(H,14,15). The Labute approximate surface area is 93.1 Å². The Kier molecular flexibility index (Phi) is 5.13. The zero-order valence-corrected chi connectivity index (χ0v) is 10.0. The van der Waals surface area contributed by atoms with E-state index >= 15 is 0 Å². The summed E-state index contributed by atoms with van der Waals surface area (Å²) in [5, 5.41) is 9.20. The highest BCUT2D eigenvalue weighted by molar-refractivity contribution is 5.70. The summed E-state index contributed by atoms with van der Waals surface area (Å²) in [7, 11) is 0. The molecule has 2 unspecified atom stereocenters. The van der Waals surface area contributed by atoms with Crippen molar-refractivity contribution >= 4 is 5.97 Å². The summed E-state index contributed by atoms with van der Waals surface area (Å²) >= 11 is 0. The lowest BCUT2D eigenvalue weighted by atomic mass is 9.83. The fourth-order valence-corrected chi connectivity index (χ4v) is 2.60. The van der Waals surface area contributed by atoms with E-state index in [1.54, 1.807) is 0 Å². The summed E-state index contributed by atoms with van der Waals surface area (Å²) in [5.41, 5.74) is 0. The third kappa shape index (κ3) is 4.23. The topological polar surface area (TPSA) is 37.3 Å². The third-order valence-corrected chi connectivity index (χ3v) is 3.59. The number of carbonyl (C=O) groups is 1. The van der Waals surface area contributed by atoms with E-state index in [9.17, 15) is 9.90 Å². The minimum atomic E-state index is -0.564. The molecule has 1 aliphatic carbocycles. The van der Waals surface area contributed by atoms with Crippen molar-refractivity contribution in [3.63, 3.8) is 0 Å². The molecule has 2 heteroatoms. The molecule has 0 aromatic carbocycles. The number of hydrogen-bond acceptors (Lipinski definition) is 1. The van der Waals surface area contributed by atoms with Crippen molar-refractivity contribution in [1.29, 1.82) is 0 Å². The van der Waals surface area contributed by atoms with Gasteiger partial charge in [0.1, 0.15) is 0 Å². The van der Waals surface area contributed by atoms with Crippen LogP contribution >= 0.6 is 0 Å². The summed E-state index contributed by atoms with van der Waals surface area (Å²) in [6, 6.07) is 0. The van der Waals surface area contributed by atoms with E-state index in [2.05, 4.69) is 13.8 Å². The molecular formula is C13H24O2. The Morgan fingerprint density at radius 1 is 1.27 bits per heavy atom. The number of rotatable bonds is 4. The molecule has 15 heavy (non-hydrogen) atoms. The molecule has 0 amide bonds. The molecule has 0 heterocycles. The number of aliphatic carboxylic acids is 1. The average Bonchev–Trinajstić information content (AvgIpc) is 2.39. The van der Waals surface area contributed by atoms with Gasteiger partial charge in [-0.25, -0.2) is 0 Å². The second-order valence-corrected chi connectivity index (χ2v) is 5.31. The summed E-state index contributed by atoms with van der Waals surface area (Å²) in [5.74, 6) is 0.506. The van der Waals surface area contributed by atoms with E-state index in [4.69, 9.17) is 0 Å². The van der Waals surface area contributed by atoms with Gasteiger partial charge in [0.05, 0.1) is 5.92 Å². The zero-order valence-electron chi connectivity index (χ0n) is 10.0. The molecule has 1 fully saturated rings. The van der Waals surface area contributed by atoms with Crippen LogP contribution in [0.25, 0.3) is 0 Å². The first-order valence-corrected chi connectivity index (χ1v) is 6.34. The molecule has 1 aliphatic rings. The van der Waals surface area contributed by atoms with Crippen LogP contribution in [0.4, 0.5) is 0 Å². The minimum absolute atomic E-state index is 0.0637. The van der Waals surface area contributed by atoms with Crippen LogP contribution in [0.1, 0.15) is 58.8 Å². The monoisotopic (exact) mass is 212 g/mol. The molecule has 0 aromatic heterocycles. The maximum atomic E-state index is 11.2. The normalized spacial score (nSPS) is 27.7. The molecule has 2 atom stereocenters. The first kappa shape index (κ1) is 12.5. The van der Waals surface area contributed by atoms with Crippen molar-refractivity contribution in [2.75, 3.05) is 0 Å². The van der Waals surface area contributed by atoms with Gasteiger partial charge < -0.3 is 5.11 Å². The Balaban J connectivity index is 2.50. The Bertz CT molecular complexity index is 199. The minimum Gasteiger partial charge on any atom is -0.481 e. The third-order valence-electron chi connectivity index (χ3n) is 3.59. The quantitative estimate of drug-likeness (QED) is 0.721. The lowest BCUT2D eigenvalue weighted by molar-refractivity contribution is -0.144. The van der Waals surface area contributed by atoms with Crippen LogP contribution in [-0.2, 0) is 4.79 Å². The van der Waals surface area contributed by atoms with Crippen molar-refractivity contribution in [2.24, 2.45) is 17.8 Å². The maximum Gasteiger partial charge on any atom is 0.306 e. The van der Waals surface area contributed by atoms with E-state index in [1.807, 2.05) is 0 Å². The van der Waals surface area contributed by atoms with Crippen molar-refractivity contribution < 1.29 is 9.90 Å². The highest BCUT2D eigenvalue weighted by Crippen LogP contribution is 2.33. The van der Waals surface area contributed by atoms with Crippen molar-refractivity contribution in [1.82, 2.24) is 0 Å². The SMILES string of the molecule is CC(C)CCC1CCCCCC1C(=O)O. The lowest BCUT2D eigenvalue weighted by Gasteiger charge is -2.22.